The molecule has 1 heterocycles. The highest BCUT2D eigenvalue weighted by Crippen LogP contribution is 2.24. The van der Waals surface area contributed by atoms with Gasteiger partial charge in [-0.3, -0.25) is 0 Å². The van der Waals surface area contributed by atoms with Crippen molar-refractivity contribution in [2.45, 2.75) is 31.0 Å². The molecule has 1 aromatic heterocycles. The summed E-state index contributed by atoms with van der Waals surface area (Å²) in [6.45, 7) is 2.62. The average Bonchev–Trinajstić information content (AvgIpc) is 2.91. The molecule has 0 saturated carbocycles. The zero-order valence-electron chi connectivity index (χ0n) is 11.5. The van der Waals surface area contributed by atoms with Gasteiger partial charge in [0, 0.05) is 10.5 Å². The first-order chi connectivity index (χ1) is 10.1. The van der Waals surface area contributed by atoms with Gasteiger partial charge in [-0.25, -0.2) is 0 Å². The molecule has 21 heavy (non-hydrogen) atoms. The van der Waals surface area contributed by atoms with Crippen LogP contribution in [0.1, 0.15) is 30.0 Å². The lowest BCUT2D eigenvalue weighted by Crippen LogP contribution is -2.18. The van der Waals surface area contributed by atoms with Crippen LogP contribution >= 0.6 is 27.7 Å². The van der Waals surface area contributed by atoms with Gasteiger partial charge in [0.25, 0.3) is 5.76 Å². The van der Waals surface area contributed by atoms with Crippen molar-refractivity contribution in [3.63, 3.8) is 0 Å². The van der Waals surface area contributed by atoms with E-state index in [1.54, 1.807) is 6.07 Å². The predicted octanol–water partition coefficient (Wildman–Crippen LogP) is 5.35. The molecular formula is C15H16BrF2NOS. The highest BCUT2D eigenvalue weighted by molar-refractivity contribution is 9.10. The fourth-order valence-corrected chi connectivity index (χ4v) is 3.00. The summed E-state index contributed by atoms with van der Waals surface area (Å²) in [6.07, 6.45) is 0. The van der Waals surface area contributed by atoms with Gasteiger partial charge in [0.1, 0.15) is 11.5 Å². The van der Waals surface area contributed by atoms with Crippen molar-refractivity contribution in [1.29, 1.82) is 0 Å². The number of rotatable bonds is 7. The van der Waals surface area contributed by atoms with Crippen LogP contribution in [-0.2, 0) is 12.3 Å². The van der Waals surface area contributed by atoms with Crippen molar-refractivity contribution in [3.05, 3.63) is 58.0 Å². The van der Waals surface area contributed by atoms with E-state index in [0.29, 0.717) is 24.1 Å². The molecule has 2 nitrogen and oxygen atoms in total. The molecule has 1 atom stereocenters. The Labute approximate surface area is 135 Å². The molecule has 1 aromatic carbocycles. The minimum Gasteiger partial charge on any atom is -0.464 e. The van der Waals surface area contributed by atoms with E-state index in [2.05, 4.69) is 34.2 Å². The molecule has 0 bridgehead atoms. The summed E-state index contributed by atoms with van der Waals surface area (Å²) >= 11 is 4.09. The van der Waals surface area contributed by atoms with Crippen LogP contribution in [0.3, 0.4) is 0 Å². The molecule has 114 valence electrons. The number of alkyl halides is 2. The maximum absolute atomic E-state index is 12.1. The molecule has 2 aromatic rings. The summed E-state index contributed by atoms with van der Waals surface area (Å²) < 4.78 is 30.8. The molecule has 0 aliphatic heterocycles. The van der Waals surface area contributed by atoms with Crippen LogP contribution in [0.5, 0.6) is 0 Å². The van der Waals surface area contributed by atoms with Crippen LogP contribution in [-0.4, -0.2) is 5.76 Å². The second-order valence-electron chi connectivity index (χ2n) is 4.56. The third-order valence-electron chi connectivity index (χ3n) is 3.02. The zero-order chi connectivity index (χ0) is 15.2. The third-order valence-corrected chi connectivity index (χ3v) is 4.45. The molecule has 0 unspecified atom stereocenters. The summed E-state index contributed by atoms with van der Waals surface area (Å²) in [5.41, 5.74) is 1.16. The van der Waals surface area contributed by atoms with E-state index in [1.807, 2.05) is 24.3 Å². The number of nitrogens with one attached hydrogen (secondary N) is 1. The molecule has 0 fully saturated rings. The standard InChI is InChI=1S/C15H16BrF2NOS/c1-10(13-4-2-3-5-14(13)16)19-8-11-6-7-12(20-11)9-21-15(17)18/h2-7,10,15,19H,8-9H2,1H3/t10-/m1/s1. The molecule has 0 aliphatic rings. The van der Waals surface area contributed by atoms with E-state index in [9.17, 15) is 8.78 Å². The topological polar surface area (TPSA) is 25.2 Å². The van der Waals surface area contributed by atoms with Gasteiger partial charge >= 0.3 is 0 Å². The van der Waals surface area contributed by atoms with Crippen molar-refractivity contribution in [3.8, 4) is 0 Å². The van der Waals surface area contributed by atoms with Gasteiger partial charge in [0.2, 0.25) is 0 Å². The van der Waals surface area contributed by atoms with Crippen molar-refractivity contribution >= 4 is 27.7 Å². The summed E-state index contributed by atoms with van der Waals surface area (Å²) in [5, 5.41) is 3.36. The zero-order valence-corrected chi connectivity index (χ0v) is 13.9. The second kappa shape index (κ2) is 7.96. The lowest BCUT2D eigenvalue weighted by Gasteiger charge is -2.14. The quantitative estimate of drug-likeness (QED) is 0.705. The fraction of sp³-hybridized carbons (Fsp3) is 0.333. The highest BCUT2D eigenvalue weighted by Gasteiger charge is 2.10. The Balaban J connectivity index is 1.87. The van der Waals surface area contributed by atoms with E-state index in [0.717, 1.165) is 15.8 Å². The summed E-state index contributed by atoms with van der Waals surface area (Å²) in [6, 6.07) is 11.7. The average molecular weight is 376 g/mol. The molecule has 6 heteroatoms. The number of halogens is 3. The Morgan fingerprint density at radius 2 is 1.90 bits per heavy atom. The first-order valence-electron chi connectivity index (χ1n) is 6.51. The van der Waals surface area contributed by atoms with Crippen LogP contribution in [0.25, 0.3) is 0 Å². The number of hydrogen-bond acceptors (Lipinski definition) is 3. The van der Waals surface area contributed by atoms with E-state index >= 15 is 0 Å². The molecule has 0 radical (unpaired) electrons. The Kier molecular flexibility index (Phi) is 6.26. The SMILES string of the molecule is C[C@@H](NCc1ccc(CSC(F)F)o1)c1ccccc1Br. The van der Waals surface area contributed by atoms with Gasteiger partial charge < -0.3 is 9.73 Å². The molecule has 1 N–H and O–H groups in total. The predicted molar refractivity (Wildman–Crippen MR) is 85.4 cm³/mol. The normalized spacial score (nSPS) is 12.8. The van der Waals surface area contributed by atoms with Crippen LogP contribution in [0.2, 0.25) is 0 Å². The Hall–Kier alpha value is -0.850. The molecule has 0 spiro atoms. The van der Waals surface area contributed by atoms with Gasteiger partial charge in [0.15, 0.2) is 0 Å². The fourth-order valence-electron chi connectivity index (χ4n) is 1.93. The molecule has 0 amide bonds. The Bertz CT molecular complexity index is 576. The van der Waals surface area contributed by atoms with Gasteiger partial charge in [-0.05, 0) is 30.7 Å². The van der Waals surface area contributed by atoms with Crippen molar-refractivity contribution in [2.75, 3.05) is 0 Å². The Morgan fingerprint density at radius 3 is 2.62 bits per heavy atom. The van der Waals surface area contributed by atoms with E-state index in [4.69, 9.17) is 4.42 Å². The van der Waals surface area contributed by atoms with Gasteiger partial charge in [-0.1, -0.05) is 45.9 Å². The van der Waals surface area contributed by atoms with Crippen LogP contribution in [0.15, 0.2) is 45.3 Å². The molecule has 0 aliphatic carbocycles. The Morgan fingerprint density at radius 1 is 1.19 bits per heavy atom. The highest BCUT2D eigenvalue weighted by atomic mass is 79.9. The van der Waals surface area contributed by atoms with Crippen LogP contribution in [0, 0.1) is 0 Å². The lowest BCUT2D eigenvalue weighted by molar-refractivity contribution is 0.251. The van der Waals surface area contributed by atoms with E-state index < -0.39 is 5.76 Å². The number of thioether (sulfide) groups is 1. The van der Waals surface area contributed by atoms with E-state index in [-0.39, 0.29) is 11.8 Å². The summed E-state index contributed by atoms with van der Waals surface area (Å²) in [7, 11) is 0. The number of furan rings is 1. The second-order valence-corrected chi connectivity index (χ2v) is 6.40. The van der Waals surface area contributed by atoms with Crippen molar-refractivity contribution in [2.24, 2.45) is 0 Å². The lowest BCUT2D eigenvalue weighted by atomic mass is 10.1. The van der Waals surface area contributed by atoms with Gasteiger partial charge in [-0.15, -0.1) is 0 Å². The number of hydrogen-bond donors (Lipinski definition) is 1. The molecular weight excluding hydrogens is 360 g/mol. The molecule has 2 rings (SSSR count). The number of benzene rings is 1. The smallest absolute Gasteiger partial charge is 0.284 e. The third kappa shape index (κ3) is 5.13. The van der Waals surface area contributed by atoms with E-state index in [1.165, 1.54) is 0 Å². The summed E-state index contributed by atoms with van der Waals surface area (Å²) in [4.78, 5) is 0. The van der Waals surface area contributed by atoms with Crippen LogP contribution < -0.4 is 5.32 Å². The van der Waals surface area contributed by atoms with Crippen molar-refractivity contribution < 1.29 is 13.2 Å². The van der Waals surface area contributed by atoms with Gasteiger partial charge in [0.05, 0.1) is 12.3 Å². The van der Waals surface area contributed by atoms with Crippen LogP contribution in [0.4, 0.5) is 8.78 Å². The minimum atomic E-state index is -2.37. The monoisotopic (exact) mass is 375 g/mol. The summed E-state index contributed by atoms with van der Waals surface area (Å²) in [5.74, 6) is -0.853. The molecule has 0 saturated heterocycles. The minimum absolute atomic E-state index is 0.157. The van der Waals surface area contributed by atoms with Gasteiger partial charge in [-0.2, -0.15) is 8.78 Å². The maximum atomic E-state index is 12.1. The largest absolute Gasteiger partial charge is 0.464 e. The maximum Gasteiger partial charge on any atom is 0.284 e. The first kappa shape index (κ1) is 16.5. The first-order valence-corrected chi connectivity index (χ1v) is 8.35. The van der Waals surface area contributed by atoms with Crippen molar-refractivity contribution in [1.82, 2.24) is 5.32 Å².